The summed E-state index contributed by atoms with van der Waals surface area (Å²) in [7, 11) is 0. The quantitative estimate of drug-likeness (QED) is 0.659. The first-order chi connectivity index (χ1) is 15.0. The molecule has 8 heteroatoms. The van der Waals surface area contributed by atoms with E-state index in [1.54, 1.807) is 6.07 Å². The number of Topliss-reactive ketones (excluding diaryl/α,β-unsaturated/α-hetero) is 2. The van der Waals surface area contributed by atoms with E-state index in [1.165, 1.54) is 18.2 Å². The highest BCUT2D eigenvalue weighted by atomic mass is 19.1. The molecule has 1 aromatic heterocycles. The summed E-state index contributed by atoms with van der Waals surface area (Å²) in [5.41, 5.74) is 2.49. The minimum Gasteiger partial charge on any atom is -0.369 e. The number of nitrogens with one attached hydrogen (secondary N) is 1. The Kier molecular flexibility index (Phi) is 4.77. The highest BCUT2D eigenvalue weighted by molar-refractivity contribution is 6.12. The number of nitrogens with zero attached hydrogens (tertiary/aromatic N) is 3. The van der Waals surface area contributed by atoms with Crippen LogP contribution in [0.1, 0.15) is 31.0 Å². The zero-order chi connectivity index (χ0) is 21.5. The molecule has 1 saturated heterocycles. The largest absolute Gasteiger partial charge is 0.369 e. The second-order valence-electron chi connectivity index (χ2n) is 7.91. The summed E-state index contributed by atoms with van der Waals surface area (Å²) in [6, 6.07) is 11.7. The molecule has 2 aliphatic heterocycles. The lowest BCUT2D eigenvalue weighted by Gasteiger charge is -2.28. The Morgan fingerprint density at radius 3 is 2.55 bits per heavy atom. The fourth-order valence-electron chi connectivity index (χ4n) is 4.40. The van der Waals surface area contributed by atoms with Crippen LogP contribution in [0.2, 0.25) is 0 Å². The number of aromatic nitrogens is 2. The Morgan fingerprint density at radius 2 is 1.77 bits per heavy atom. The van der Waals surface area contributed by atoms with Crippen LogP contribution < -0.4 is 10.2 Å². The fraction of sp³-hybridized carbons (Fsp3) is 0.304. The van der Waals surface area contributed by atoms with Gasteiger partial charge in [-0.25, -0.2) is 9.37 Å². The Hall–Kier alpha value is -3.55. The SMILES string of the molecule is O=C1CCN(c2cccc3c2nc2n3CCC(=O)C2C(=O)Nc2ccccc2F)CC1. The zero-order valence-corrected chi connectivity index (χ0v) is 16.8. The molecule has 31 heavy (non-hydrogen) atoms. The molecule has 1 unspecified atom stereocenters. The molecule has 0 radical (unpaired) electrons. The third-order valence-corrected chi connectivity index (χ3v) is 6.00. The van der Waals surface area contributed by atoms with Crippen LogP contribution in [0, 0.1) is 5.82 Å². The molecular weight excluding hydrogens is 399 g/mol. The van der Waals surface area contributed by atoms with Crippen LogP contribution in [-0.4, -0.2) is 40.1 Å². The molecule has 1 N–H and O–H groups in total. The summed E-state index contributed by atoms with van der Waals surface area (Å²) in [5, 5.41) is 2.54. The lowest BCUT2D eigenvalue weighted by molar-refractivity contribution is -0.129. The lowest BCUT2D eigenvalue weighted by Crippen LogP contribution is -2.34. The van der Waals surface area contributed by atoms with Crippen molar-refractivity contribution >= 4 is 39.9 Å². The molecule has 0 aliphatic carbocycles. The van der Waals surface area contributed by atoms with Crippen LogP contribution in [0.3, 0.4) is 0 Å². The van der Waals surface area contributed by atoms with Gasteiger partial charge in [0, 0.05) is 38.9 Å². The summed E-state index contributed by atoms with van der Waals surface area (Å²) in [6.45, 7) is 1.68. The number of aryl methyl sites for hydroxylation is 1. The Bertz CT molecular complexity index is 1210. The molecule has 2 aromatic carbocycles. The summed E-state index contributed by atoms with van der Waals surface area (Å²) in [4.78, 5) is 44.2. The summed E-state index contributed by atoms with van der Waals surface area (Å²) >= 11 is 0. The number of piperidine rings is 1. The van der Waals surface area contributed by atoms with Gasteiger partial charge < -0.3 is 14.8 Å². The van der Waals surface area contributed by atoms with Crippen molar-refractivity contribution in [2.75, 3.05) is 23.3 Å². The third-order valence-electron chi connectivity index (χ3n) is 6.00. The Morgan fingerprint density at radius 1 is 1.00 bits per heavy atom. The third kappa shape index (κ3) is 3.37. The van der Waals surface area contributed by atoms with Gasteiger partial charge in [0.2, 0.25) is 5.91 Å². The summed E-state index contributed by atoms with van der Waals surface area (Å²) in [5.74, 6) is -1.85. The van der Waals surface area contributed by atoms with E-state index in [4.69, 9.17) is 4.98 Å². The van der Waals surface area contributed by atoms with E-state index in [-0.39, 0.29) is 23.7 Å². The molecule has 7 nitrogen and oxygen atoms in total. The van der Waals surface area contributed by atoms with E-state index >= 15 is 0 Å². The predicted molar refractivity (Wildman–Crippen MR) is 114 cm³/mol. The molecule has 1 atom stereocenters. The molecule has 1 amide bonds. The molecule has 1 fully saturated rings. The van der Waals surface area contributed by atoms with Crippen molar-refractivity contribution in [2.45, 2.75) is 31.7 Å². The number of anilines is 2. The highest BCUT2D eigenvalue weighted by Gasteiger charge is 2.37. The summed E-state index contributed by atoms with van der Waals surface area (Å²) in [6.07, 6.45) is 1.20. The highest BCUT2D eigenvalue weighted by Crippen LogP contribution is 2.34. The zero-order valence-electron chi connectivity index (χ0n) is 16.8. The van der Waals surface area contributed by atoms with Crippen molar-refractivity contribution in [3.8, 4) is 0 Å². The Labute approximate surface area is 177 Å². The monoisotopic (exact) mass is 420 g/mol. The van der Waals surface area contributed by atoms with E-state index in [0.717, 1.165) is 11.2 Å². The van der Waals surface area contributed by atoms with Gasteiger partial charge in [-0.15, -0.1) is 0 Å². The van der Waals surface area contributed by atoms with E-state index in [1.807, 2.05) is 22.8 Å². The maximum Gasteiger partial charge on any atom is 0.242 e. The number of ketones is 2. The van der Waals surface area contributed by atoms with Crippen molar-refractivity contribution in [1.29, 1.82) is 0 Å². The van der Waals surface area contributed by atoms with Gasteiger partial charge in [-0.2, -0.15) is 0 Å². The predicted octanol–water partition coefficient (Wildman–Crippen LogP) is 3.04. The normalized spacial score (nSPS) is 18.9. The first-order valence-electron chi connectivity index (χ1n) is 10.4. The number of imidazole rings is 1. The van der Waals surface area contributed by atoms with E-state index in [0.29, 0.717) is 43.8 Å². The first kappa shape index (κ1) is 19.4. The smallest absolute Gasteiger partial charge is 0.242 e. The molecule has 3 heterocycles. The molecule has 0 spiro atoms. The van der Waals surface area contributed by atoms with Crippen LogP contribution in [-0.2, 0) is 20.9 Å². The van der Waals surface area contributed by atoms with E-state index in [9.17, 15) is 18.8 Å². The minimum absolute atomic E-state index is 0.0345. The average molecular weight is 420 g/mol. The molecule has 5 rings (SSSR count). The standard InChI is InChI=1S/C23H21FN4O3/c24-15-4-1-2-5-16(15)25-23(31)20-19(30)10-13-28-18-7-3-6-17(21(18)26-22(20)28)27-11-8-14(29)9-12-27/h1-7,20H,8-13H2,(H,25,31). The first-order valence-corrected chi connectivity index (χ1v) is 10.4. The molecule has 158 valence electrons. The second-order valence-corrected chi connectivity index (χ2v) is 7.91. The Balaban J connectivity index is 1.54. The van der Waals surface area contributed by atoms with Gasteiger partial charge in [0.15, 0.2) is 11.7 Å². The van der Waals surface area contributed by atoms with Gasteiger partial charge >= 0.3 is 0 Å². The van der Waals surface area contributed by atoms with Crippen LogP contribution >= 0.6 is 0 Å². The van der Waals surface area contributed by atoms with Crippen molar-refractivity contribution < 1.29 is 18.8 Å². The number of fused-ring (bicyclic) bond motifs is 3. The minimum atomic E-state index is -1.10. The van der Waals surface area contributed by atoms with Gasteiger partial charge in [-0.3, -0.25) is 14.4 Å². The van der Waals surface area contributed by atoms with Crippen molar-refractivity contribution in [3.05, 3.63) is 54.1 Å². The molecular formula is C23H21FN4O3. The molecule has 0 saturated carbocycles. The maximum absolute atomic E-state index is 14.0. The van der Waals surface area contributed by atoms with Crippen molar-refractivity contribution in [1.82, 2.24) is 9.55 Å². The van der Waals surface area contributed by atoms with Crippen LogP contribution in [0.25, 0.3) is 11.0 Å². The fourth-order valence-corrected chi connectivity index (χ4v) is 4.40. The van der Waals surface area contributed by atoms with Crippen LogP contribution in [0.15, 0.2) is 42.5 Å². The van der Waals surface area contributed by atoms with Gasteiger partial charge in [0.05, 0.1) is 16.9 Å². The average Bonchev–Trinajstić information content (AvgIpc) is 3.14. The van der Waals surface area contributed by atoms with E-state index in [2.05, 4.69) is 10.2 Å². The molecule has 3 aromatic rings. The van der Waals surface area contributed by atoms with E-state index < -0.39 is 17.6 Å². The number of rotatable bonds is 3. The van der Waals surface area contributed by atoms with Crippen LogP contribution in [0.4, 0.5) is 15.8 Å². The second kappa shape index (κ2) is 7.61. The molecule has 0 bridgehead atoms. The topological polar surface area (TPSA) is 84.3 Å². The number of benzene rings is 2. The maximum atomic E-state index is 14.0. The van der Waals surface area contributed by atoms with Gasteiger partial charge in [0.25, 0.3) is 0 Å². The number of hydrogen-bond donors (Lipinski definition) is 1. The van der Waals surface area contributed by atoms with Crippen molar-refractivity contribution in [2.24, 2.45) is 0 Å². The number of carbonyl (C=O) groups excluding carboxylic acids is 3. The van der Waals surface area contributed by atoms with Crippen LogP contribution in [0.5, 0.6) is 0 Å². The summed E-state index contributed by atoms with van der Waals surface area (Å²) < 4.78 is 15.9. The number of carbonyl (C=O) groups is 3. The van der Waals surface area contributed by atoms with Crippen molar-refractivity contribution in [3.63, 3.8) is 0 Å². The van der Waals surface area contributed by atoms with Gasteiger partial charge in [0.1, 0.15) is 22.9 Å². The number of hydrogen-bond acceptors (Lipinski definition) is 5. The molecule has 2 aliphatic rings. The van der Waals surface area contributed by atoms with Gasteiger partial charge in [-0.05, 0) is 24.3 Å². The number of para-hydroxylation sites is 2. The number of halogens is 1. The lowest BCUT2D eigenvalue weighted by atomic mass is 9.96. The van der Waals surface area contributed by atoms with Gasteiger partial charge in [-0.1, -0.05) is 18.2 Å². The number of amides is 1.